The number of hydrogen-bond acceptors (Lipinski definition) is 2. The summed E-state index contributed by atoms with van der Waals surface area (Å²) in [7, 11) is 0. The van der Waals surface area contributed by atoms with Gasteiger partial charge in [-0.3, -0.25) is 9.69 Å². The van der Waals surface area contributed by atoms with Crippen molar-refractivity contribution in [3.8, 4) is 0 Å². The second kappa shape index (κ2) is 4.98. The number of halogens is 1. The Balaban J connectivity index is 1.98. The van der Waals surface area contributed by atoms with Crippen LogP contribution in [0.3, 0.4) is 0 Å². The van der Waals surface area contributed by atoms with Crippen LogP contribution >= 0.6 is 11.6 Å². The van der Waals surface area contributed by atoms with Crippen molar-refractivity contribution in [2.45, 2.75) is 25.8 Å². The van der Waals surface area contributed by atoms with Gasteiger partial charge in [-0.25, -0.2) is 0 Å². The Morgan fingerprint density at radius 3 is 2.50 bits per heavy atom. The van der Waals surface area contributed by atoms with Crippen molar-refractivity contribution >= 4 is 17.4 Å². The summed E-state index contributed by atoms with van der Waals surface area (Å²) in [6.07, 6.45) is 2.48. The molecule has 1 aromatic rings. The van der Waals surface area contributed by atoms with Gasteiger partial charge < -0.3 is 0 Å². The van der Waals surface area contributed by atoms with Crippen molar-refractivity contribution in [3.05, 3.63) is 34.9 Å². The summed E-state index contributed by atoms with van der Waals surface area (Å²) in [6, 6.07) is 7.77. The summed E-state index contributed by atoms with van der Waals surface area (Å²) >= 11 is 5.79. The molecule has 1 aliphatic rings. The third kappa shape index (κ3) is 2.83. The lowest BCUT2D eigenvalue weighted by atomic mass is 10.1. The van der Waals surface area contributed by atoms with E-state index in [-0.39, 0.29) is 5.78 Å². The highest BCUT2D eigenvalue weighted by molar-refractivity contribution is 6.30. The molecule has 1 saturated carbocycles. The van der Waals surface area contributed by atoms with Crippen molar-refractivity contribution in [2.75, 3.05) is 13.1 Å². The second-order valence-corrected chi connectivity index (χ2v) is 4.66. The van der Waals surface area contributed by atoms with Crippen molar-refractivity contribution in [3.63, 3.8) is 0 Å². The number of carbonyl (C=O) groups excluding carboxylic acids is 1. The topological polar surface area (TPSA) is 20.3 Å². The Bertz CT molecular complexity index is 370. The third-order valence-electron chi connectivity index (χ3n) is 2.98. The molecule has 0 bridgehead atoms. The van der Waals surface area contributed by atoms with Crippen LogP contribution < -0.4 is 0 Å². The van der Waals surface area contributed by atoms with Gasteiger partial charge in [-0.15, -0.1) is 0 Å². The van der Waals surface area contributed by atoms with Gasteiger partial charge in [0, 0.05) is 16.6 Å². The average molecular weight is 238 g/mol. The highest BCUT2D eigenvalue weighted by atomic mass is 35.5. The molecule has 0 radical (unpaired) electrons. The first-order chi connectivity index (χ1) is 7.70. The molecule has 1 fully saturated rings. The van der Waals surface area contributed by atoms with Crippen molar-refractivity contribution in [2.24, 2.45) is 0 Å². The number of ketones is 1. The molecular weight excluding hydrogens is 222 g/mol. The van der Waals surface area contributed by atoms with Crippen LogP contribution in [0, 0.1) is 0 Å². The van der Waals surface area contributed by atoms with Crippen molar-refractivity contribution in [1.82, 2.24) is 4.90 Å². The van der Waals surface area contributed by atoms with E-state index in [2.05, 4.69) is 11.8 Å². The molecule has 86 valence electrons. The van der Waals surface area contributed by atoms with E-state index in [1.807, 2.05) is 0 Å². The van der Waals surface area contributed by atoms with E-state index in [1.165, 1.54) is 12.8 Å². The third-order valence-corrected chi connectivity index (χ3v) is 3.23. The first-order valence-corrected chi connectivity index (χ1v) is 6.11. The smallest absolute Gasteiger partial charge is 0.176 e. The van der Waals surface area contributed by atoms with Crippen molar-refractivity contribution in [1.29, 1.82) is 0 Å². The second-order valence-electron chi connectivity index (χ2n) is 4.22. The molecular formula is C13H16ClNO. The highest BCUT2D eigenvalue weighted by Gasteiger charge is 2.29. The Morgan fingerprint density at radius 2 is 2.00 bits per heavy atom. The fourth-order valence-corrected chi connectivity index (χ4v) is 1.98. The maximum absolute atomic E-state index is 12.0. The molecule has 1 aromatic carbocycles. The van der Waals surface area contributed by atoms with Crippen LogP contribution in [-0.2, 0) is 0 Å². The van der Waals surface area contributed by atoms with E-state index in [0.29, 0.717) is 17.6 Å². The molecule has 0 heterocycles. The van der Waals surface area contributed by atoms with Gasteiger partial charge in [-0.2, -0.15) is 0 Å². The molecule has 2 nitrogen and oxygen atoms in total. The molecule has 0 spiro atoms. The van der Waals surface area contributed by atoms with E-state index in [1.54, 1.807) is 24.3 Å². The molecule has 16 heavy (non-hydrogen) atoms. The average Bonchev–Trinajstić information content (AvgIpc) is 3.10. The van der Waals surface area contributed by atoms with Crippen LogP contribution in [0.15, 0.2) is 24.3 Å². The Hall–Kier alpha value is -0.860. The minimum atomic E-state index is 0.186. The maximum Gasteiger partial charge on any atom is 0.176 e. The summed E-state index contributed by atoms with van der Waals surface area (Å²) in [6.45, 7) is 3.58. The van der Waals surface area contributed by atoms with Gasteiger partial charge in [-0.05, 0) is 43.7 Å². The van der Waals surface area contributed by atoms with Crippen LogP contribution in [0.25, 0.3) is 0 Å². The first kappa shape index (κ1) is 11.6. The fourth-order valence-electron chi connectivity index (χ4n) is 1.85. The minimum Gasteiger partial charge on any atom is -0.293 e. The van der Waals surface area contributed by atoms with Gasteiger partial charge in [0.05, 0.1) is 6.54 Å². The van der Waals surface area contributed by atoms with Crippen LogP contribution in [0.1, 0.15) is 30.1 Å². The van der Waals surface area contributed by atoms with Crippen LogP contribution in [0.5, 0.6) is 0 Å². The van der Waals surface area contributed by atoms with E-state index in [4.69, 9.17) is 11.6 Å². The van der Waals surface area contributed by atoms with Gasteiger partial charge >= 0.3 is 0 Å². The van der Waals surface area contributed by atoms with Crippen LogP contribution in [-0.4, -0.2) is 29.8 Å². The number of hydrogen-bond donors (Lipinski definition) is 0. The van der Waals surface area contributed by atoms with E-state index in [0.717, 1.165) is 12.1 Å². The molecule has 0 atom stereocenters. The zero-order valence-electron chi connectivity index (χ0n) is 9.45. The normalized spacial score (nSPS) is 15.4. The summed E-state index contributed by atoms with van der Waals surface area (Å²) in [5.74, 6) is 0.186. The number of Topliss-reactive ketones (excluding diaryl/α,β-unsaturated/α-hetero) is 1. The zero-order chi connectivity index (χ0) is 11.5. The van der Waals surface area contributed by atoms with Crippen LogP contribution in [0.4, 0.5) is 0 Å². The molecule has 1 aliphatic carbocycles. The minimum absolute atomic E-state index is 0.186. The standard InChI is InChI=1S/C13H16ClNO/c1-2-15(12-7-8-12)9-13(16)10-3-5-11(14)6-4-10/h3-6,12H,2,7-9H2,1H3. The molecule has 0 saturated heterocycles. The maximum atomic E-state index is 12.0. The van der Waals surface area contributed by atoms with E-state index < -0.39 is 0 Å². The SMILES string of the molecule is CCN(CC(=O)c1ccc(Cl)cc1)C1CC1. The first-order valence-electron chi connectivity index (χ1n) is 5.73. The van der Waals surface area contributed by atoms with E-state index >= 15 is 0 Å². The summed E-state index contributed by atoms with van der Waals surface area (Å²) < 4.78 is 0. The predicted molar refractivity (Wildman–Crippen MR) is 66.1 cm³/mol. The monoisotopic (exact) mass is 237 g/mol. The van der Waals surface area contributed by atoms with Crippen molar-refractivity contribution < 1.29 is 4.79 Å². The summed E-state index contributed by atoms with van der Waals surface area (Å²) in [5, 5.41) is 0.672. The zero-order valence-corrected chi connectivity index (χ0v) is 10.2. The van der Waals surface area contributed by atoms with Crippen LogP contribution in [0.2, 0.25) is 5.02 Å². The Kier molecular flexibility index (Phi) is 3.62. The van der Waals surface area contributed by atoms with Gasteiger partial charge in [0.15, 0.2) is 5.78 Å². The number of nitrogens with zero attached hydrogens (tertiary/aromatic N) is 1. The lowest BCUT2D eigenvalue weighted by Gasteiger charge is -2.18. The molecule has 0 amide bonds. The molecule has 0 N–H and O–H groups in total. The highest BCUT2D eigenvalue weighted by Crippen LogP contribution is 2.26. The molecule has 2 rings (SSSR count). The molecule has 0 aliphatic heterocycles. The Morgan fingerprint density at radius 1 is 1.38 bits per heavy atom. The number of carbonyl (C=O) groups is 1. The molecule has 0 aromatic heterocycles. The lowest BCUT2D eigenvalue weighted by molar-refractivity contribution is 0.0928. The quantitative estimate of drug-likeness (QED) is 0.734. The molecule has 0 unspecified atom stereocenters. The number of rotatable bonds is 5. The fraction of sp³-hybridized carbons (Fsp3) is 0.462. The lowest BCUT2D eigenvalue weighted by Crippen LogP contribution is -2.31. The van der Waals surface area contributed by atoms with Gasteiger partial charge in [0.1, 0.15) is 0 Å². The predicted octanol–water partition coefficient (Wildman–Crippen LogP) is 3.01. The van der Waals surface area contributed by atoms with Gasteiger partial charge in [-0.1, -0.05) is 18.5 Å². The number of benzene rings is 1. The number of likely N-dealkylation sites (N-methyl/N-ethyl adjacent to an activating group) is 1. The molecule has 3 heteroatoms. The van der Waals surface area contributed by atoms with Gasteiger partial charge in [0.2, 0.25) is 0 Å². The largest absolute Gasteiger partial charge is 0.293 e. The summed E-state index contributed by atoms with van der Waals surface area (Å²) in [4.78, 5) is 14.2. The van der Waals surface area contributed by atoms with E-state index in [9.17, 15) is 4.79 Å². The Labute approximate surface area is 101 Å². The summed E-state index contributed by atoms with van der Waals surface area (Å²) in [5.41, 5.74) is 0.753. The van der Waals surface area contributed by atoms with Gasteiger partial charge in [0.25, 0.3) is 0 Å².